The summed E-state index contributed by atoms with van der Waals surface area (Å²) in [5.41, 5.74) is 16.3. The molecule has 1 aliphatic heterocycles. The van der Waals surface area contributed by atoms with Gasteiger partial charge in [0.15, 0.2) is 0 Å². The highest BCUT2D eigenvalue weighted by atomic mass is 32.2. The first-order chi connectivity index (χ1) is 63.7. The average Bonchev–Trinajstić information content (AvgIpc) is 1.56. The van der Waals surface area contributed by atoms with Crippen LogP contribution in [-0.4, -0.2) is 191 Å². The van der Waals surface area contributed by atoms with E-state index in [1.807, 2.05) is 210 Å². The maximum absolute atomic E-state index is 14.6. The van der Waals surface area contributed by atoms with E-state index in [1.54, 1.807) is 50.1 Å². The van der Waals surface area contributed by atoms with Crippen LogP contribution in [0.2, 0.25) is 0 Å². The van der Waals surface area contributed by atoms with Crippen molar-refractivity contribution < 1.29 is 68.9 Å². The number of hydrogen-bond acceptors (Lipinski definition) is 9. The molecule has 5 amide bonds. The van der Waals surface area contributed by atoms with E-state index in [0.717, 1.165) is 204 Å². The van der Waals surface area contributed by atoms with Crippen LogP contribution in [0.15, 0.2) is 150 Å². The fourth-order valence-electron chi connectivity index (χ4n) is 21.2. The Balaban J connectivity index is 0.000000140. The van der Waals surface area contributed by atoms with E-state index in [1.165, 1.54) is 18.2 Å². The van der Waals surface area contributed by atoms with Crippen molar-refractivity contribution >= 4 is 95.8 Å². The maximum Gasteiger partial charge on any atom is 0.240 e. The number of carbonyl (C=O) groups excluding carboxylic acids is 5. The summed E-state index contributed by atoms with van der Waals surface area (Å²) in [5.74, 6) is 1.16. The van der Waals surface area contributed by atoms with Gasteiger partial charge in [0.25, 0.3) is 0 Å². The first kappa shape index (κ1) is 97.4. The Bertz CT molecular complexity index is 6000. The number of aryl methyl sites for hydroxylation is 5. The van der Waals surface area contributed by atoms with Gasteiger partial charge < -0.3 is 61.5 Å². The zero-order valence-corrected chi connectivity index (χ0v) is 78.8. The van der Waals surface area contributed by atoms with E-state index in [2.05, 4.69) is 10.6 Å². The number of ether oxygens (including phenoxy) is 3. The summed E-state index contributed by atoms with van der Waals surface area (Å²) < 4.78 is 121. The number of aromatic nitrogens is 5. The second-order valence-corrected chi connectivity index (χ2v) is 34.9. The molecule has 18 nitrogen and oxygen atoms in total. The average molecular weight is 1820 g/mol. The Morgan fingerprint density at radius 2 is 0.725 bits per heavy atom. The van der Waals surface area contributed by atoms with Crippen molar-refractivity contribution in [3.05, 3.63) is 213 Å². The van der Waals surface area contributed by atoms with Gasteiger partial charge in [-0.2, -0.15) is 0 Å². The number of nitrogens with zero attached hydrogens (tertiary/aromatic N) is 10. The number of halogens is 7. The van der Waals surface area contributed by atoms with Crippen LogP contribution in [-0.2, 0) is 88.9 Å². The van der Waals surface area contributed by atoms with Crippen LogP contribution in [0.25, 0.3) is 65.8 Å². The van der Waals surface area contributed by atoms with Gasteiger partial charge in [-0.25, -0.2) is 30.7 Å². The number of thioether (sulfide) groups is 1. The SMILES string of the molecule is CCN(CC)C(=O)C1CCCc2c1c1c(F)cccc1n2CC[18F].CCN(CC)C(=O)C1CCCc2c1c1c(OC)cccc1n2CC[18F].CCN(CC)C(=O)C1CCCc2c1c1cc(F)ccc1n2CC[18F].CCN(CC)C(=O)C1Sc2ccccc2-c2c1c1c(OC)cccc1n2CC[18F].COc1cccc2c1c1c(n2CC[18F])CCCC1C(=O)N(C)Cc1ccccc1. The number of methoxy groups -OCH3 is 3. The van der Waals surface area contributed by atoms with Crippen LogP contribution in [0.5, 0.6) is 17.2 Å². The Kier molecular flexibility index (Phi) is 33.3. The van der Waals surface area contributed by atoms with Gasteiger partial charge in [0, 0.05) is 137 Å². The molecule has 17 rings (SSSR count). The van der Waals surface area contributed by atoms with Crippen LogP contribution >= 0.6 is 11.8 Å². The van der Waals surface area contributed by atoms with E-state index >= 15 is 0 Å². The third kappa shape index (κ3) is 19.3. The Hall–Kier alpha value is -11.2. The fraction of sp³-hybridized carbons (Fsp3) is 0.457. The molecule has 0 radical (unpaired) electrons. The number of likely N-dealkylation sites (N-methyl/N-ethyl adjacent to an activating group) is 5. The largest absolute Gasteiger partial charge is 0.496 e. The topological polar surface area (TPSA) is 154 Å². The van der Waals surface area contributed by atoms with Crippen molar-refractivity contribution in [2.75, 3.05) is 114 Å². The molecule has 12 aromatic rings. The van der Waals surface area contributed by atoms with Crippen LogP contribution in [0.4, 0.5) is 30.7 Å². The molecule has 0 spiro atoms. The molecule has 0 fully saturated rings. The van der Waals surface area contributed by atoms with Gasteiger partial charge >= 0.3 is 0 Å². The molecule has 26 heteroatoms. The highest BCUT2D eigenvalue weighted by Crippen LogP contribution is 2.56. The fourth-order valence-corrected chi connectivity index (χ4v) is 22.5. The number of carbonyl (C=O) groups is 5. The minimum Gasteiger partial charge on any atom is -0.496 e. The summed E-state index contributed by atoms with van der Waals surface area (Å²) in [5, 5.41) is 3.74. The lowest BCUT2D eigenvalue weighted by atomic mass is 9.84. The lowest BCUT2D eigenvalue weighted by Gasteiger charge is -2.30. The summed E-state index contributed by atoms with van der Waals surface area (Å²) in [7, 11) is 6.80. The van der Waals surface area contributed by atoms with Gasteiger partial charge in [-0.3, -0.25) is 24.0 Å². The molecule has 5 aromatic heterocycles. The standard InChI is InChI=1S/C24H27FN2O2.C23H25FN2O2S.C20H27FN2O2.2C19H24F2N2O/c1-26(16-17-8-4-3-5-9-17)24(28)18-10-6-11-19-22(18)23-20(27(19)15-14-25)12-7-13-21(23)29-2;1-4-25(5-2)23(27)22-20-19-16(10-8-11-17(19)28-3)26(14-13-24)21(20)15-9-6-7-12-18(15)29-22;1-4-22(5-2)20(24)14-8-6-9-15-18(14)19-16(23(15)13-12-21)10-7-11-17(19)25-3;1-3-22(4-2)19(24)13-7-5-9-15-17(13)18-14(21)8-6-10-16(18)23(15)12-11-20;1-3-22(4-2)19(24)14-6-5-7-17-18(14)15-12-13(21)8-9-16(15)23(17)11-10-20/h3-5,7-9,12-13,18H,6,10-11,14-16H2,1-2H3;6-12,22H,4-5,13-14H2,1-3H3;7,10-11,14H,4-6,8-9,12-13H2,1-3H3;6,8,10,13H,3-5,7,9,11-12H2,1-2H3;8-9,12,14H,3-7,10-11H2,1-2H3/i25-1;24-1;21-1;2*20-1. The van der Waals surface area contributed by atoms with Crippen molar-refractivity contribution in [1.29, 1.82) is 0 Å². The minimum atomic E-state index is -0.499. The molecule has 4 aliphatic carbocycles. The van der Waals surface area contributed by atoms with Crippen molar-refractivity contribution in [3.8, 4) is 28.5 Å². The number of rotatable bonds is 28. The van der Waals surface area contributed by atoms with Crippen LogP contribution in [0.3, 0.4) is 0 Å². The van der Waals surface area contributed by atoms with Crippen molar-refractivity contribution in [2.24, 2.45) is 0 Å². The quantitative estimate of drug-likeness (QED) is 0.0436. The van der Waals surface area contributed by atoms with Gasteiger partial charge in [-0.1, -0.05) is 72.8 Å². The molecule has 6 heterocycles. The molecule has 0 saturated carbocycles. The number of alkyl halides is 5. The molecule has 7 aromatic carbocycles. The van der Waals surface area contributed by atoms with E-state index < -0.39 is 33.4 Å². The summed E-state index contributed by atoms with van der Waals surface area (Å²) in [6.45, 7) is 20.8. The molecule has 0 bridgehead atoms. The Morgan fingerprint density at radius 3 is 1.15 bits per heavy atom. The molecule has 5 atom stereocenters. The van der Waals surface area contributed by atoms with E-state index in [-0.39, 0.29) is 89.7 Å². The zero-order valence-electron chi connectivity index (χ0n) is 78.0. The first-order valence-electron chi connectivity index (χ1n) is 46.9. The first-order valence-corrected chi connectivity index (χ1v) is 47.8. The highest BCUT2D eigenvalue weighted by Gasteiger charge is 2.42. The molecule has 0 saturated heterocycles. The van der Waals surface area contributed by atoms with Gasteiger partial charge in [-0.05, 0) is 233 Å². The molecular formula is C105H127F7N10O8S. The van der Waals surface area contributed by atoms with Gasteiger partial charge in [0.05, 0.1) is 105 Å². The van der Waals surface area contributed by atoms with E-state index in [9.17, 15) is 54.7 Å². The summed E-state index contributed by atoms with van der Waals surface area (Å²) in [6.07, 6.45) is 10.1. The second-order valence-electron chi connectivity index (χ2n) is 33.8. The van der Waals surface area contributed by atoms with Crippen molar-refractivity contribution in [1.82, 2.24) is 47.3 Å². The Labute approximate surface area is 769 Å². The number of hydrogen-bond donors (Lipinski definition) is 0. The predicted molar refractivity (Wildman–Crippen MR) is 511 cm³/mol. The van der Waals surface area contributed by atoms with Gasteiger partial charge in [-0.15, -0.1) is 11.8 Å². The number of fused-ring (bicyclic) bond motifs is 17. The molecule has 5 unspecified atom stereocenters. The predicted octanol–water partition coefficient (Wildman–Crippen LogP) is 22.0. The third-order valence-corrected chi connectivity index (χ3v) is 28.4. The van der Waals surface area contributed by atoms with Gasteiger partial charge in [0.2, 0.25) is 29.5 Å². The normalized spacial score (nSPS) is 16.3. The molecule has 5 aliphatic rings. The maximum atomic E-state index is 14.6. The van der Waals surface area contributed by atoms with Crippen molar-refractivity contribution in [3.63, 3.8) is 0 Å². The summed E-state index contributed by atoms with van der Waals surface area (Å²) in [6, 6.07) is 45.1. The Morgan fingerprint density at radius 1 is 0.374 bits per heavy atom. The van der Waals surface area contributed by atoms with Gasteiger partial charge in [0.1, 0.15) is 67.5 Å². The number of amides is 5. The third-order valence-electron chi connectivity index (χ3n) is 27.1. The molecule has 700 valence electrons. The monoisotopic (exact) mass is 1820 g/mol. The van der Waals surface area contributed by atoms with Crippen LogP contribution < -0.4 is 14.2 Å². The number of benzene rings is 7. The molecule has 131 heavy (non-hydrogen) atoms. The lowest BCUT2D eigenvalue weighted by Crippen LogP contribution is -2.36. The highest BCUT2D eigenvalue weighted by molar-refractivity contribution is 8.00. The second kappa shape index (κ2) is 44.8. The van der Waals surface area contributed by atoms with Crippen LogP contribution in [0.1, 0.15) is 192 Å². The smallest absolute Gasteiger partial charge is 0.240 e. The lowest BCUT2D eigenvalue weighted by molar-refractivity contribution is -0.133. The summed E-state index contributed by atoms with van der Waals surface area (Å²) in [4.78, 5) is 76.3. The van der Waals surface area contributed by atoms with E-state index in [0.29, 0.717) is 88.6 Å². The van der Waals surface area contributed by atoms with Crippen molar-refractivity contribution in [2.45, 2.75) is 206 Å². The molecular weight excluding hydrogens is 1690 g/mol. The summed E-state index contributed by atoms with van der Waals surface area (Å²) >= 11 is 1.58. The minimum absolute atomic E-state index is 0.0588. The van der Waals surface area contributed by atoms with E-state index in [4.69, 9.17) is 14.2 Å². The molecule has 0 N–H and O–H groups in total. The van der Waals surface area contributed by atoms with Crippen LogP contribution in [0, 0.1) is 11.6 Å². The zero-order chi connectivity index (χ0) is 93.4.